The molecule has 1 atom stereocenters. The third kappa shape index (κ3) is 4.43. The maximum absolute atomic E-state index is 12.8. The van der Waals surface area contributed by atoms with E-state index in [1.807, 2.05) is 24.3 Å². The number of nitrogen functional groups attached to an aromatic ring is 1. The van der Waals surface area contributed by atoms with Crippen molar-refractivity contribution in [1.29, 1.82) is 0 Å². The van der Waals surface area contributed by atoms with Crippen molar-refractivity contribution in [3.8, 4) is 0 Å². The highest BCUT2D eigenvalue weighted by atomic mass is 79.9. The molecule has 0 saturated carbocycles. The summed E-state index contributed by atoms with van der Waals surface area (Å²) in [6.45, 7) is 1.65. The first kappa shape index (κ1) is 21.3. The van der Waals surface area contributed by atoms with Gasteiger partial charge < -0.3 is 11.1 Å². The summed E-state index contributed by atoms with van der Waals surface area (Å²) < 4.78 is 3.43. The van der Waals surface area contributed by atoms with E-state index in [1.54, 1.807) is 6.92 Å². The molecule has 3 N–H and O–H groups in total. The molecular weight excluding hydrogens is 480 g/mol. The van der Waals surface area contributed by atoms with Crippen LogP contribution in [0.15, 0.2) is 42.7 Å². The van der Waals surface area contributed by atoms with E-state index in [2.05, 4.69) is 31.4 Å². The van der Waals surface area contributed by atoms with Crippen molar-refractivity contribution in [2.75, 3.05) is 11.1 Å². The Morgan fingerprint density at radius 1 is 1.28 bits per heavy atom. The number of carbonyl (C=O) groups excluding carboxylic acids is 1. The molecule has 9 nitrogen and oxygen atoms in total. The van der Waals surface area contributed by atoms with Crippen LogP contribution in [0.3, 0.4) is 0 Å². The summed E-state index contributed by atoms with van der Waals surface area (Å²) in [5, 5.41) is 11.2. The number of Topliss-reactive ketones (excluding diaryl/α,β-unsaturated/α-hetero) is 1. The number of hydrogen-bond donors (Lipinski definition) is 2. The first-order valence-corrected chi connectivity index (χ1v) is 10.8. The van der Waals surface area contributed by atoms with Gasteiger partial charge in [-0.2, -0.15) is 0 Å². The molecule has 152 valence electrons. The van der Waals surface area contributed by atoms with Gasteiger partial charge in [0, 0.05) is 24.3 Å². The lowest BCUT2D eigenvalue weighted by Gasteiger charge is -2.13. The zero-order valence-electron chi connectivity index (χ0n) is 15.7. The lowest BCUT2D eigenvalue weighted by molar-refractivity contribution is 0.0992. The third-order valence-electron chi connectivity index (χ3n) is 4.09. The summed E-state index contributed by atoms with van der Waals surface area (Å²) in [5.74, 6) is -0.620. The molecule has 12 heteroatoms. The summed E-state index contributed by atoms with van der Waals surface area (Å²) in [7, 11) is 2.72. The average Bonchev–Trinajstić information content (AvgIpc) is 3.11. The maximum Gasteiger partial charge on any atom is 0.332 e. The van der Waals surface area contributed by atoms with E-state index in [4.69, 9.17) is 5.73 Å². The van der Waals surface area contributed by atoms with E-state index < -0.39 is 22.3 Å². The minimum Gasteiger partial charge on any atom is -0.384 e. The Kier molecular flexibility index (Phi) is 6.24. The van der Waals surface area contributed by atoms with Crippen molar-refractivity contribution >= 4 is 61.4 Å². The van der Waals surface area contributed by atoms with Crippen molar-refractivity contribution in [3.05, 3.63) is 55.1 Å². The monoisotopic (exact) mass is 496 g/mol. The fourth-order valence-corrected chi connectivity index (χ4v) is 4.87. The molecule has 0 fully saturated rings. The van der Waals surface area contributed by atoms with Crippen LogP contribution in [0.25, 0.3) is 0 Å². The number of ketones is 1. The van der Waals surface area contributed by atoms with E-state index >= 15 is 0 Å². The zero-order valence-corrected chi connectivity index (χ0v) is 18.9. The standard InChI is InChI=1S/C17H17BrN6O3S2/c1-8(12(25)11-13(19)23(2)17(27)24(3)14(11)26)28-16-22-21-15(29-16)20-10-6-4-5-9(18)7-10/h4-8H,19H2,1-3H3,(H,20,21). The van der Waals surface area contributed by atoms with Gasteiger partial charge in [-0.3, -0.25) is 18.7 Å². The number of carbonyl (C=O) groups is 1. The van der Waals surface area contributed by atoms with Gasteiger partial charge in [-0.05, 0) is 25.1 Å². The fraction of sp³-hybridized carbons (Fsp3) is 0.235. The number of aromatic nitrogens is 4. The minimum absolute atomic E-state index is 0.148. The molecule has 29 heavy (non-hydrogen) atoms. The second kappa shape index (κ2) is 8.51. The summed E-state index contributed by atoms with van der Waals surface area (Å²) in [5.41, 5.74) is 5.21. The molecule has 3 rings (SSSR count). The number of nitrogens with two attached hydrogens (primary N) is 1. The number of benzene rings is 1. The van der Waals surface area contributed by atoms with Gasteiger partial charge in [-0.15, -0.1) is 10.2 Å². The van der Waals surface area contributed by atoms with Crippen LogP contribution in [0.1, 0.15) is 17.3 Å². The van der Waals surface area contributed by atoms with Crippen molar-refractivity contribution in [2.24, 2.45) is 14.1 Å². The van der Waals surface area contributed by atoms with Crippen LogP contribution in [-0.2, 0) is 14.1 Å². The van der Waals surface area contributed by atoms with E-state index in [9.17, 15) is 14.4 Å². The summed E-state index contributed by atoms with van der Waals surface area (Å²) in [6.07, 6.45) is 0. The molecule has 0 amide bonds. The largest absolute Gasteiger partial charge is 0.384 e. The number of anilines is 3. The van der Waals surface area contributed by atoms with Crippen LogP contribution in [0, 0.1) is 0 Å². The number of nitrogens with one attached hydrogen (secondary N) is 1. The van der Waals surface area contributed by atoms with Crippen molar-refractivity contribution in [2.45, 2.75) is 16.5 Å². The average molecular weight is 497 g/mol. The first-order valence-electron chi connectivity index (χ1n) is 8.31. The number of rotatable bonds is 6. The number of hydrogen-bond acceptors (Lipinski definition) is 9. The fourth-order valence-electron chi connectivity index (χ4n) is 2.50. The molecule has 1 aromatic carbocycles. The first-order chi connectivity index (χ1) is 13.7. The topological polar surface area (TPSA) is 125 Å². The SMILES string of the molecule is CC(Sc1nnc(Nc2cccc(Br)c2)s1)C(=O)c1c(N)n(C)c(=O)n(C)c1=O. The van der Waals surface area contributed by atoms with E-state index in [-0.39, 0.29) is 11.4 Å². The Morgan fingerprint density at radius 3 is 2.69 bits per heavy atom. The molecule has 0 saturated heterocycles. The lowest BCUT2D eigenvalue weighted by atomic mass is 10.1. The van der Waals surface area contributed by atoms with Gasteiger partial charge in [0.05, 0.1) is 5.25 Å². The van der Waals surface area contributed by atoms with Gasteiger partial charge in [-0.1, -0.05) is 45.1 Å². The van der Waals surface area contributed by atoms with Crippen LogP contribution in [-0.4, -0.2) is 30.4 Å². The normalized spacial score (nSPS) is 12.0. The molecule has 1 unspecified atom stereocenters. The Balaban J connectivity index is 1.79. The lowest BCUT2D eigenvalue weighted by Crippen LogP contribution is -2.42. The number of thioether (sulfide) groups is 1. The van der Waals surface area contributed by atoms with Gasteiger partial charge in [0.15, 0.2) is 10.1 Å². The minimum atomic E-state index is -0.711. The summed E-state index contributed by atoms with van der Waals surface area (Å²) >= 11 is 5.86. The van der Waals surface area contributed by atoms with Crippen molar-refractivity contribution in [1.82, 2.24) is 19.3 Å². The second-order valence-corrected chi connectivity index (χ2v) is 9.58. The van der Waals surface area contributed by atoms with Crippen LogP contribution in [0.4, 0.5) is 16.6 Å². The highest BCUT2D eigenvalue weighted by Gasteiger charge is 2.26. The van der Waals surface area contributed by atoms with Gasteiger partial charge in [0.2, 0.25) is 5.13 Å². The molecule has 2 heterocycles. The predicted octanol–water partition coefficient (Wildman–Crippen LogP) is 2.39. The van der Waals surface area contributed by atoms with Crippen LogP contribution >= 0.6 is 39.0 Å². The van der Waals surface area contributed by atoms with Gasteiger partial charge in [-0.25, -0.2) is 4.79 Å². The van der Waals surface area contributed by atoms with Crippen molar-refractivity contribution in [3.63, 3.8) is 0 Å². The van der Waals surface area contributed by atoms with Gasteiger partial charge in [0.1, 0.15) is 11.4 Å². The van der Waals surface area contributed by atoms with Crippen molar-refractivity contribution < 1.29 is 4.79 Å². The Morgan fingerprint density at radius 2 is 2.00 bits per heavy atom. The van der Waals surface area contributed by atoms with Crippen LogP contribution in [0.5, 0.6) is 0 Å². The smallest absolute Gasteiger partial charge is 0.332 e. The van der Waals surface area contributed by atoms with Crippen LogP contribution < -0.4 is 22.3 Å². The Hall–Kier alpha value is -2.44. The second-order valence-electron chi connectivity index (χ2n) is 6.10. The zero-order chi connectivity index (χ0) is 21.3. The molecule has 3 aromatic rings. The maximum atomic E-state index is 12.8. The van der Waals surface area contributed by atoms with Gasteiger partial charge >= 0.3 is 5.69 Å². The summed E-state index contributed by atoms with van der Waals surface area (Å²) in [6, 6.07) is 7.60. The molecular formula is C17H17BrN6O3S2. The van der Waals surface area contributed by atoms with Crippen LogP contribution in [0.2, 0.25) is 0 Å². The predicted molar refractivity (Wildman–Crippen MR) is 118 cm³/mol. The highest BCUT2D eigenvalue weighted by Crippen LogP contribution is 2.32. The number of nitrogens with zero attached hydrogens (tertiary/aromatic N) is 4. The van der Waals surface area contributed by atoms with E-state index in [0.717, 1.165) is 19.3 Å². The highest BCUT2D eigenvalue weighted by molar-refractivity contribution is 9.10. The molecule has 0 bridgehead atoms. The molecule has 2 aromatic heterocycles. The summed E-state index contributed by atoms with van der Waals surface area (Å²) in [4.78, 5) is 37.2. The Bertz CT molecular complexity index is 1200. The molecule has 0 aliphatic carbocycles. The quantitative estimate of drug-likeness (QED) is 0.393. The van der Waals surface area contributed by atoms with Gasteiger partial charge in [0.25, 0.3) is 5.56 Å². The van der Waals surface area contributed by atoms with E-state index in [0.29, 0.717) is 9.47 Å². The molecule has 0 aliphatic heterocycles. The Labute approximate surface area is 182 Å². The molecule has 0 aliphatic rings. The third-order valence-corrected chi connectivity index (χ3v) is 6.60. The molecule has 0 radical (unpaired) electrons. The molecule has 0 spiro atoms. The van der Waals surface area contributed by atoms with E-state index in [1.165, 1.54) is 37.2 Å². The number of halogens is 1.